The largest absolute Gasteiger partial charge is 0.481 e. The van der Waals surface area contributed by atoms with Crippen molar-refractivity contribution in [1.29, 1.82) is 0 Å². The highest BCUT2D eigenvalue weighted by Crippen LogP contribution is 2.16. The summed E-state index contributed by atoms with van der Waals surface area (Å²) in [5.74, 6) is -2.20. The monoisotopic (exact) mass is 248 g/mol. The van der Waals surface area contributed by atoms with Gasteiger partial charge in [0.15, 0.2) is 0 Å². The number of rotatable bonds is 5. The van der Waals surface area contributed by atoms with Crippen molar-refractivity contribution in [1.82, 2.24) is 10.2 Å². The second-order valence-electron chi connectivity index (χ2n) is 3.56. The van der Waals surface area contributed by atoms with Gasteiger partial charge >= 0.3 is 5.97 Å². The fourth-order valence-electron chi connectivity index (χ4n) is 1.53. The molecule has 1 unspecified atom stereocenters. The first kappa shape index (κ1) is 12.8. The van der Waals surface area contributed by atoms with E-state index in [1.54, 1.807) is 0 Å². The Morgan fingerprint density at radius 2 is 2.25 bits per heavy atom. The van der Waals surface area contributed by atoms with Crippen LogP contribution in [0.1, 0.15) is 6.42 Å². The fourth-order valence-corrected chi connectivity index (χ4v) is 1.63. The molecule has 2 amide bonds. The standard InChI is InChI=1S/C9H13ClN2O4/c10-4-7(13)11-1-2-12-5-6(9(15)16)3-8(12)14/h6H,1-5H2,(H,11,13)(H,15,16). The molecule has 6 nitrogen and oxygen atoms in total. The summed E-state index contributed by atoms with van der Waals surface area (Å²) in [4.78, 5) is 34.3. The molecule has 0 spiro atoms. The van der Waals surface area contributed by atoms with Crippen molar-refractivity contribution in [3.63, 3.8) is 0 Å². The average Bonchev–Trinajstić information content (AvgIpc) is 2.60. The predicted octanol–water partition coefficient (Wildman–Crippen LogP) is -0.725. The molecule has 0 saturated carbocycles. The summed E-state index contributed by atoms with van der Waals surface area (Å²) in [5.41, 5.74) is 0. The number of carbonyl (C=O) groups excluding carboxylic acids is 2. The smallest absolute Gasteiger partial charge is 0.308 e. The van der Waals surface area contributed by atoms with Crippen LogP contribution in [0.2, 0.25) is 0 Å². The molecule has 0 aromatic rings. The molecule has 7 heteroatoms. The number of carboxylic acid groups (broad SMARTS) is 1. The summed E-state index contributed by atoms with van der Waals surface area (Å²) in [7, 11) is 0. The van der Waals surface area contributed by atoms with Crippen LogP contribution in [-0.4, -0.2) is 53.3 Å². The number of hydrogen-bond acceptors (Lipinski definition) is 3. The first-order chi connectivity index (χ1) is 7.54. The normalized spacial score (nSPS) is 19.9. The molecule has 2 N–H and O–H groups in total. The molecule has 1 atom stereocenters. The Kier molecular flexibility index (Phi) is 4.54. The van der Waals surface area contributed by atoms with E-state index in [1.165, 1.54) is 4.90 Å². The van der Waals surface area contributed by atoms with E-state index in [0.29, 0.717) is 13.1 Å². The van der Waals surface area contributed by atoms with Gasteiger partial charge in [-0.1, -0.05) is 0 Å². The predicted molar refractivity (Wildman–Crippen MR) is 56.1 cm³/mol. The molecule has 0 aromatic heterocycles. The van der Waals surface area contributed by atoms with Crippen LogP contribution in [0.3, 0.4) is 0 Å². The molecule has 0 aromatic carbocycles. The number of aliphatic carboxylic acids is 1. The molecular weight excluding hydrogens is 236 g/mol. The van der Waals surface area contributed by atoms with E-state index in [9.17, 15) is 14.4 Å². The number of likely N-dealkylation sites (tertiary alicyclic amines) is 1. The number of carboxylic acids is 1. The van der Waals surface area contributed by atoms with Crippen molar-refractivity contribution in [2.45, 2.75) is 6.42 Å². The van der Waals surface area contributed by atoms with Crippen molar-refractivity contribution in [3.05, 3.63) is 0 Å². The van der Waals surface area contributed by atoms with Gasteiger partial charge in [0.2, 0.25) is 11.8 Å². The molecule has 16 heavy (non-hydrogen) atoms. The van der Waals surface area contributed by atoms with Gasteiger partial charge in [-0.2, -0.15) is 0 Å². The highest BCUT2D eigenvalue weighted by molar-refractivity contribution is 6.27. The molecule has 1 aliphatic heterocycles. The van der Waals surface area contributed by atoms with Crippen molar-refractivity contribution in [3.8, 4) is 0 Å². The minimum atomic E-state index is -0.958. The van der Waals surface area contributed by atoms with Gasteiger partial charge in [-0.05, 0) is 0 Å². The number of hydrogen-bond donors (Lipinski definition) is 2. The van der Waals surface area contributed by atoms with Crippen molar-refractivity contribution in [2.75, 3.05) is 25.5 Å². The third-order valence-corrected chi connectivity index (χ3v) is 2.63. The van der Waals surface area contributed by atoms with E-state index in [0.717, 1.165) is 0 Å². The second kappa shape index (κ2) is 5.69. The highest BCUT2D eigenvalue weighted by atomic mass is 35.5. The van der Waals surface area contributed by atoms with Gasteiger partial charge in [0.25, 0.3) is 0 Å². The Bertz CT molecular complexity index is 308. The minimum absolute atomic E-state index is 0.0405. The van der Waals surface area contributed by atoms with Crippen LogP contribution < -0.4 is 5.32 Å². The molecule has 90 valence electrons. The maximum atomic E-state index is 11.4. The van der Waals surface area contributed by atoms with E-state index in [1.807, 2.05) is 0 Å². The number of halogens is 1. The number of alkyl halides is 1. The first-order valence-electron chi connectivity index (χ1n) is 4.88. The zero-order chi connectivity index (χ0) is 12.1. The van der Waals surface area contributed by atoms with E-state index in [4.69, 9.17) is 16.7 Å². The summed E-state index contributed by atoms with van der Waals surface area (Å²) in [6, 6.07) is 0. The Labute approximate surface area is 97.5 Å². The molecule has 1 saturated heterocycles. The Balaban J connectivity index is 2.30. The lowest BCUT2D eigenvalue weighted by Crippen LogP contribution is -2.36. The van der Waals surface area contributed by atoms with Gasteiger partial charge in [0.1, 0.15) is 5.88 Å². The van der Waals surface area contributed by atoms with E-state index >= 15 is 0 Å². The number of nitrogens with zero attached hydrogens (tertiary/aromatic N) is 1. The van der Waals surface area contributed by atoms with Crippen LogP contribution in [0.25, 0.3) is 0 Å². The van der Waals surface area contributed by atoms with Crippen LogP contribution in [-0.2, 0) is 14.4 Å². The van der Waals surface area contributed by atoms with Gasteiger partial charge in [-0.3, -0.25) is 14.4 Å². The zero-order valence-corrected chi connectivity index (χ0v) is 9.37. The molecular formula is C9H13ClN2O4. The summed E-state index contributed by atoms with van der Waals surface area (Å²) >= 11 is 5.27. The molecule has 0 radical (unpaired) electrons. The zero-order valence-electron chi connectivity index (χ0n) is 8.61. The average molecular weight is 249 g/mol. The van der Waals surface area contributed by atoms with Crippen molar-refractivity contribution >= 4 is 29.4 Å². The maximum absolute atomic E-state index is 11.4. The Morgan fingerprint density at radius 3 is 2.75 bits per heavy atom. The lowest BCUT2D eigenvalue weighted by Gasteiger charge is -2.15. The Hall–Kier alpha value is -1.30. The van der Waals surface area contributed by atoms with Crippen molar-refractivity contribution < 1.29 is 19.5 Å². The molecule has 1 fully saturated rings. The van der Waals surface area contributed by atoms with E-state index in [-0.39, 0.29) is 30.7 Å². The molecule has 0 aliphatic carbocycles. The topological polar surface area (TPSA) is 86.7 Å². The minimum Gasteiger partial charge on any atom is -0.481 e. The van der Waals surface area contributed by atoms with Crippen LogP contribution in [0.15, 0.2) is 0 Å². The number of carbonyl (C=O) groups is 3. The van der Waals surface area contributed by atoms with Gasteiger partial charge < -0.3 is 15.3 Å². The van der Waals surface area contributed by atoms with E-state index in [2.05, 4.69) is 5.32 Å². The van der Waals surface area contributed by atoms with Gasteiger partial charge in [-0.15, -0.1) is 11.6 Å². The van der Waals surface area contributed by atoms with Gasteiger partial charge in [0.05, 0.1) is 5.92 Å². The summed E-state index contributed by atoms with van der Waals surface area (Å²) in [5, 5.41) is 11.2. The lowest BCUT2D eigenvalue weighted by atomic mass is 10.1. The van der Waals surface area contributed by atoms with Crippen LogP contribution >= 0.6 is 11.6 Å². The summed E-state index contributed by atoms with van der Waals surface area (Å²) < 4.78 is 0. The third-order valence-electron chi connectivity index (χ3n) is 2.39. The highest BCUT2D eigenvalue weighted by Gasteiger charge is 2.33. The lowest BCUT2D eigenvalue weighted by molar-refractivity contribution is -0.141. The molecule has 1 aliphatic rings. The molecule has 1 rings (SSSR count). The van der Waals surface area contributed by atoms with Gasteiger partial charge in [0, 0.05) is 26.1 Å². The first-order valence-corrected chi connectivity index (χ1v) is 5.41. The molecule has 1 heterocycles. The van der Waals surface area contributed by atoms with Crippen LogP contribution in [0.5, 0.6) is 0 Å². The quantitative estimate of drug-likeness (QED) is 0.629. The second-order valence-corrected chi connectivity index (χ2v) is 3.83. The Morgan fingerprint density at radius 1 is 1.56 bits per heavy atom. The SMILES string of the molecule is O=C(CCl)NCCN1CC(C(=O)O)CC1=O. The fraction of sp³-hybridized carbons (Fsp3) is 0.667. The molecule has 0 bridgehead atoms. The van der Waals surface area contributed by atoms with Gasteiger partial charge in [-0.25, -0.2) is 0 Å². The van der Waals surface area contributed by atoms with E-state index < -0.39 is 11.9 Å². The third kappa shape index (κ3) is 3.37. The van der Waals surface area contributed by atoms with Crippen LogP contribution in [0.4, 0.5) is 0 Å². The van der Waals surface area contributed by atoms with Crippen molar-refractivity contribution in [2.24, 2.45) is 5.92 Å². The number of nitrogens with one attached hydrogen (secondary N) is 1. The van der Waals surface area contributed by atoms with Crippen LogP contribution in [0, 0.1) is 5.92 Å². The summed E-state index contributed by atoms with van der Waals surface area (Å²) in [6.07, 6.45) is 0.0405. The summed E-state index contributed by atoms with van der Waals surface area (Å²) in [6.45, 7) is 0.833. The maximum Gasteiger partial charge on any atom is 0.308 e. The number of amides is 2.